The van der Waals surface area contributed by atoms with Crippen LogP contribution in [0.3, 0.4) is 0 Å². The van der Waals surface area contributed by atoms with Crippen LogP contribution in [0.15, 0.2) is 0 Å². The van der Waals surface area contributed by atoms with E-state index in [1.54, 1.807) is 0 Å². The van der Waals surface area contributed by atoms with Crippen LogP contribution in [0, 0.1) is 0 Å². The number of nitrogens with one attached hydrogen (secondary N) is 1. The summed E-state index contributed by atoms with van der Waals surface area (Å²) in [5.41, 5.74) is 0. The summed E-state index contributed by atoms with van der Waals surface area (Å²) in [7, 11) is -0.631. The van der Waals surface area contributed by atoms with Crippen LogP contribution < -0.4 is 5.32 Å². The van der Waals surface area contributed by atoms with Crippen LogP contribution in [0.5, 0.6) is 0 Å². The summed E-state index contributed by atoms with van der Waals surface area (Å²) in [6.07, 6.45) is 2.16. The molecule has 0 bridgehead atoms. The summed E-state index contributed by atoms with van der Waals surface area (Å²) >= 11 is 0. The summed E-state index contributed by atoms with van der Waals surface area (Å²) < 4.78 is 11.4. The van der Waals surface area contributed by atoms with E-state index in [1.807, 2.05) is 0 Å². The molecule has 3 heteroatoms. The third-order valence-electron chi connectivity index (χ3n) is 1.93. The van der Waals surface area contributed by atoms with Gasteiger partial charge in [-0.2, -0.15) is 0 Å². The Morgan fingerprint density at radius 2 is 2.00 bits per heavy atom. The van der Waals surface area contributed by atoms with Gasteiger partial charge in [-0.25, -0.2) is 0 Å². The molecular formula is C9H21NOS. The summed E-state index contributed by atoms with van der Waals surface area (Å²) in [4.78, 5) is 0. The Hall–Kier alpha value is 0.110. The van der Waals surface area contributed by atoms with Crippen LogP contribution in [0.4, 0.5) is 0 Å². The Bertz CT molecular complexity index is 128. The topological polar surface area (TPSA) is 29.1 Å². The molecule has 2 unspecified atom stereocenters. The molecule has 0 amide bonds. The number of hydrogen-bond acceptors (Lipinski definition) is 2. The van der Waals surface area contributed by atoms with Gasteiger partial charge in [0, 0.05) is 28.3 Å². The molecule has 0 aromatic rings. The molecule has 12 heavy (non-hydrogen) atoms. The van der Waals surface area contributed by atoms with Crippen molar-refractivity contribution in [3.05, 3.63) is 0 Å². The molecule has 0 aliphatic rings. The second-order valence-electron chi connectivity index (χ2n) is 3.05. The average molecular weight is 191 g/mol. The molecule has 0 spiro atoms. The quantitative estimate of drug-likeness (QED) is 0.618. The first kappa shape index (κ1) is 12.1. The van der Waals surface area contributed by atoms with Crippen molar-refractivity contribution in [2.24, 2.45) is 0 Å². The van der Waals surface area contributed by atoms with E-state index in [9.17, 15) is 4.21 Å². The first-order valence-corrected chi connectivity index (χ1v) is 6.18. The maximum absolute atomic E-state index is 11.4. The normalized spacial score (nSPS) is 15.9. The van der Waals surface area contributed by atoms with Crippen LogP contribution in [0.1, 0.15) is 33.6 Å². The van der Waals surface area contributed by atoms with Gasteiger partial charge in [0.1, 0.15) is 0 Å². The van der Waals surface area contributed by atoms with Gasteiger partial charge in [-0.1, -0.05) is 20.8 Å². The van der Waals surface area contributed by atoms with E-state index in [0.29, 0.717) is 5.25 Å². The second-order valence-corrected chi connectivity index (χ2v) is 5.03. The van der Waals surface area contributed by atoms with Crippen molar-refractivity contribution in [1.29, 1.82) is 0 Å². The van der Waals surface area contributed by atoms with E-state index in [0.717, 1.165) is 31.7 Å². The van der Waals surface area contributed by atoms with Crippen molar-refractivity contribution < 1.29 is 4.21 Å². The lowest BCUT2D eigenvalue weighted by molar-refractivity contribution is 0.658. The van der Waals surface area contributed by atoms with Crippen molar-refractivity contribution in [2.45, 2.75) is 38.9 Å². The first-order valence-electron chi connectivity index (χ1n) is 4.80. The highest BCUT2D eigenvalue weighted by molar-refractivity contribution is 7.85. The lowest BCUT2D eigenvalue weighted by atomic mass is 10.4. The van der Waals surface area contributed by atoms with Crippen molar-refractivity contribution in [3.63, 3.8) is 0 Å². The Kier molecular flexibility index (Phi) is 7.81. The highest BCUT2D eigenvalue weighted by Gasteiger charge is 2.06. The predicted molar refractivity (Wildman–Crippen MR) is 55.9 cm³/mol. The third kappa shape index (κ3) is 5.72. The monoisotopic (exact) mass is 191 g/mol. The molecule has 0 aromatic heterocycles. The molecular weight excluding hydrogens is 170 g/mol. The Balaban J connectivity index is 3.31. The minimum atomic E-state index is -0.631. The van der Waals surface area contributed by atoms with Crippen LogP contribution in [0.2, 0.25) is 0 Å². The van der Waals surface area contributed by atoms with Crippen LogP contribution in [0.25, 0.3) is 0 Å². The zero-order chi connectivity index (χ0) is 9.40. The molecule has 2 nitrogen and oxygen atoms in total. The molecule has 0 fully saturated rings. The van der Waals surface area contributed by atoms with E-state index in [2.05, 4.69) is 26.1 Å². The summed E-state index contributed by atoms with van der Waals surface area (Å²) in [5.74, 6) is 0.801. The highest BCUT2D eigenvalue weighted by Crippen LogP contribution is 1.99. The van der Waals surface area contributed by atoms with E-state index < -0.39 is 10.8 Å². The van der Waals surface area contributed by atoms with Gasteiger partial charge in [-0.3, -0.25) is 4.21 Å². The zero-order valence-electron chi connectivity index (χ0n) is 8.43. The van der Waals surface area contributed by atoms with Crippen molar-refractivity contribution >= 4 is 10.8 Å². The predicted octanol–water partition coefficient (Wildman–Crippen LogP) is 1.53. The molecule has 0 aromatic carbocycles. The summed E-state index contributed by atoms with van der Waals surface area (Å²) in [6.45, 7) is 8.21. The molecule has 0 saturated carbocycles. The van der Waals surface area contributed by atoms with Crippen LogP contribution >= 0.6 is 0 Å². The van der Waals surface area contributed by atoms with Crippen molar-refractivity contribution in [3.8, 4) is 0 Å². The molecule has 1 N–H and O–H groups in total. The van der Waals surface area contributed by atoms with Crippen LogP contribution in [-0.4, -0.2) is 28.3 Å². The maximum Gasteiger partial charge on any atom is 0.0362 e. The molecule has 0 aliphatic heterocycles. The molecule has 74 valence electrons. The first-order chi connectivity index (χ1) is 5.72. The van der Waals surface area contributed by atoms with E-state index in [-0.39, 0.29) is 0 Å². The lowest BCUT2D eigenvalue weighted by Crippen LogP contribution is -2.24. The second kappa shape index (κ2) is 7.74. The Morgan fingerprint density at radius 3 is 2.50 bits per heavy atom. The Morgan fingerprint density at radius 1 is 1.33 bits per heavy atom. The van der Waals surface area contributed by atoms with E-state index >= 15 is 0 Å². The van der Waals surface area contributed by atoms with Crippen molar-refractivity contribution in [2.75, 3.05) is 18.8 Å². The summed E-state index contributed by atoms with van der Waals surface area (Å²) in [5, 5.41) is 3.61. The van der Waals surface area contributed by atoms with Gasteiger partial charge in [-0.05, 0) is 19.4 Å². The Labute approximate surface area is 78.6 Å². The maximum atomic E-state index is 11.4. The standard InChI is InChI=1S/C9H21NOS/c1-4-6-10-7-8-12(11)9(3)5-2/h9-10H,4-8H2,1-3H3. The zero-order valence-corrected chi connectivity index (χ0v) is 9.25. The van der Waals surface area contributed by atoms with Crippen LogP contribution in [-0.2, 0) is 10.8 Å². The SMILES string of the molecule is CCCNCCS(=O)C(C)CC. The average Bonchev–Trinajstić information content (AvgIpc) is 2.10. The minimum Gasteiger partial charge on any atom is -0.316 e. The van der Waals surface area contributed by atoms with Crippen molar-refractivity contribution in [1.82, 2.24) is 5.32 Å². The van der Waals surface area contributed by atoms with Gasteiger partial charge in [0.2, 0.25) is 0 Å². The largest absolute Gasteiger partial charge is 0.316 e. The minimum absolute atomic E-state index is 0.355. The van der Waals surface area contributed by atoms with Gasteiger partial charge >= 0.3 is 0 Å². The molecule has 0 radical (unpaired) electrons. The highest BCUT2D eigenvalue weighted by atomic mass is 32.2. The number of hydrogen-bond donors (Lipinski definition) is 1. The molecule has 0 aliphatic carbocycles. The molecule has 0 rings (SSSR count). The fourth-order valence-electron chi connectivity index (χ4n) is 0.862. The molecule has 0 saturated heterocycles. The fraction of sp³-hybridized carbons (Fsp3) is 1.00. The molecule has 0 heterocycles. The fourth-order valence-corrected chi connectivity index (χ4v) is 1.98. The van der Waals surface area contributed by atoms with Gasteiger partial charge in [0.05, 0.1) is 0 Å². The smallest absolute Gasteiger partial charge is 0.0362 e. The lowest BCUT2D eigenvalue weighted by Gasteiger charge is -2.08. The number of rotatable bonds is 7. The van der Waals surface area contributed by atoms with Gasteiger partial charge in [0.15, 0.2) is 0 Å². The molecule has 2 atom stereocenters. The van der Waals surface area contributed by atoms with E-state index in [4.69, 9.17) is 0 Å². The third-order valence-corrected chi connectivity index (χ3v) is 3.77. The van der Waals surface area contributed by atoms with Gasteiger partial charge in [-0.15, -0.1) is 0 Å². The summed E-state index contributed by atoms with van der Waals surface area (Å²) in [6, 6.07) is 0. The van der Waals surface area contributed by atoms with E-state index in [1.165, 1.54) is 0 Å². The van der Waals surface area contributed by atoms with Gasteiger partial charge in [0.25, 0.3) is 0 Å². The van der Waals surface area contributed by atoms with Gasteiger partial charge < -0.3 is 5.32 Å².